The number of carbonyl (C=O) groups is 1. The summed E-state index contributed by atoms with van der Waals surface area (Å²) in [5.41, 5.74) is 5.29. The van der Waals surface area contributed by atoms with Crippen LogP contribution in [0.3, 0.4) is 0 Å². The first-order valence-corrected chi connectivity index (χ1v) is 8.74. The van der Waals surface area contributed by atoms with E-state index in [1.165, 1.54) is 47.6 Å². The Balaban J connectivity index is 1.72. The molecule has 3 heterocycles. The van der Waals surface area contributed by atoms with Crippen LogP contribution in [0.15, 0.2) is 17.9 Å². The van der Waals surface area contributed by atoms with Crippen LogP contribution in [0.25, 0.3) is 6.08 Å². The van der Waals surface area contributed by atoms with Crippen molar-refractivity contribution < 1.29 is 9.53 Å². The van der Waals surface area contributed by atoms with Gasteiger partial charge in [-0.1, -0.05) is 0 Å². The van der Waals surface area contributed by atoms with Crippen molar-refractivity contribution in [1.82, 2.24) is 4.90 Å². The van der Waals surface area contributed by atoms with Crippen molar-refractivity contribution in [3.05, 3.63) is 34.6 Å². The molecule has 0 saturated carbocycles. The van der Waals surface area contributed by atoms with E-state index in [1.54, 1.807) is 0 Å². The average molecular weight is 328 g/mol. The third kappa shape index (κ3) is 2.43. The summed E-state index contributed by atoms with van der Waals surface area (Å²) in [5.74, 6) is 0.206. The molecule has 0 spiro atoms. The molecule has 0 atom stereocenters. The molecule has 5 heteroatoms. The van der Waals surface area contributed by atoms with E-state index >= 15 is 0 Å². The molecule has 0 bridgehead atoms. The number of nitrogens with zero attached hydrogens (tertiary/aromatic N) is 2. The summed E-state index contributed by atoms with van der Waals surface area (Å²) in [5, 5.41) is 0.259. The zero-order valence-corrected chi connectivity index (χ0v) is 14.1. The average Bonchev–Trinajstić information content (AvgIpc) is 2.81. The Morgan fingerprint density at radius 1 is 1.22 bits per heavy atom. The maximum atomic E-state index is 12.3. The number of carbonyl (C=O) groups excluding carboxylic acids is 1. The van der Waals surface area contributed by atoms with Crippen molar-refractivity contribution in [2.75, 3.05) is 24.5 Å². The van der Waals surface area contributed by atoms with Crippen LogP contribution in [0, 0.1) is 0 Å². The summed E-state index contributed by atoms with van der Waals surface area (Å²) in [6.45, 7) is 4.77. The minimum absolute atomic E-state index is 0.134. The van der Waals surface area contributed by atoms with Crippen LogP contribution in [0.5, 0.6) is 0 Å². The molecule has 1 amide bonds. The predicted molar refractivity (Wildman–Crippen MR) is 94.3 cm³/mol. The van der Waals surface area contributed by atoms with Crippen LogP contribution < -0.4 is 4.90 Å². The van der Waals surface area contributed by atoms with Gasteiger partial charge in [0.05, 0.1) is 0 Å². The van der Waals surface area contributed by atoms with Gasteiger partial charge in [0.2, 0.25) is 0 Å². The van der Waals surface area contributed by atoms with Crippen LogP contribution in [0.1, 0.15) is 36.5 Å². The van der Waals surface area contributed by atoms with Gasteiger partial charge in [-0.15, -0.1) is 0 Å². The number of anilines is 1. The van der Waals surface area contributed by atoms with Gasteiger partial charge < -0.3 is 9.64 Å². The monoisotopic (exact) mass is 328 g/mol. The van der Waals surface area contributed by atoms with Gasteiger partial charge >= 0.3 is 0 Å². The summed E-state index contributed by atoms with van der Waals surface area (Å²) in [4.78, 5) is 16.3. The number of ether oxygens (including phenoxy) is 1. The van der Waals surface area contributed by atoms with Crippen LogP contribution in [-0.2, 0) is 22.4 Å². The highest BCUT2D eigenvalue weighted by Gasteiger charge is 2.32. The number of likely N-dealkylation sites (N-methyl/N-ethyl adjacent to an activating group) is 1. The normalized spacial score (nSPS) is 21.7. The number of rotatable bonds is 2. The SMILES string of the molecule is CCN1C(=O)C(=Cc2cc3c4c(c2)CCCN4CCC3)OC1=S. The molecule has 3 aliphatic heterocycles. The maximum absolute atomic E-state index is 12.3. The summed E-state index contributed by atoms with van der Waals surface area (Å²) >= 11 is 5.12. The van der Waals surface area contributed by atoms with Crippen molar-refractivity contribution in [3.63, 3.8) is 0 Å². The Morgan fingerprint density at radius 3 is 2.43 bits per heavy atom. The zero-order chi connectivity index (χ0) is 16.0. The van der Waals surface area contributed by atoms with E-state index in [0.717, 1.165) is 18.4 Å². The summed E-state index contributed by atoms with van der Waals surface area (Å²) in [7, 11) is 0. The third-order valence-corrected chi connectivity index (χ3v) is 5.15. The molecule has 3 aliphatic rings. The van der Waals surface area contributed by atoms with Crippen molar-refractivity contribution in [2.24, 2.45) is 0 Å². The van der Waals surface area contributed by atoms with Crippen LogP contribution in [-0.4, -0.2) is 35.6 Å². The Kier molecular flexibility index (Phi) is 3.60. The van der Waals surface area contributed by atoms with E-state index in [4.69, 9.17) is 17.0 Å². The number of thiocarbonyl (C=S) groups is 1. The molecule has 0 radical (unpaired) electrons. The fraction of sp³-hybridized carbons (Fsp3) is 0.444. The minimum atomic E-state index is -0.134. The number of aryl methyl sites for hydroxylation is 2. The highest BCUT2D eigenvalue weighted by Crippen LogP contribution is 2.36. The second-order valence-corrected chi connectivity index (χ2v) is 6.66. The Bertz CT molecular complexity index is 695. The van der Waals surface area contributed by atoms with Gasteiger partial charge in [0, 0.05) is 25.3 Å². The molecule has 0 N–H and O–H groups in total. The molecule has 0 aromatic heterocycles. The van der Waals surface area contributed by atoms with Crippen molar-refractivity contribution >= 4 is 35.1 Å². The molecule has 23 heavy (non-hydrogen) atoms. The molecule has 4 rings (SSSR count). The number of hydrogen-bond donors (Lipinski definition) is 0. The van der Waals surface area contributed by atoms with Gasteiger partial charge in [-0.05, 0) is 79.7 Å². The molecular weight excluding hydrogens is 308 g/mol. The lowest BCUT2D eigenvalue weighted by atomic mass is 9.90. The second-order valence-electron chi connectivity index (χ2n) is 6.31. The van der Waals surface area contributed by atoms with Gasteiger partial charge in [-0.2, -0.15) is 0 Å². The van der Waals surface area contributed by atoms with Gasteiger partial charge in [-0.25, -0.2) is 0 Å². The lowest BCUT2D eigenvalue weighted by Gasteiger charge is -2.37. The van der Waals surface area contributed by atoms with E-state index < -0.39 is 0 Å². The quantitative estimate of drug-likeness (QED) is 0.617. The summed E-state index contributed by atoms with van der Waals surface area (Å²) in [6, 6.07) is 4.41. The first-order valence-electron chi connectivity index (χ1n) is 8.33. The molecule has 1 saturated heterocycles. The largest absolute Gasteiger partial charge is 0.426 e. The van der Waals surface area contributed by atoms with Crippen molar-refractivity contribution in [1.29, 1.82) is 0 Å². The van der Waals surface area contributed by atoms with E-state index in [2.05, 4.69) is 17.0 Å². The fourth-order valence-electron chi connectivity index (χ4n) is 3.84. The van der Waals surface area contributed by atoms with Crippen LogP contribution in [0.4, 0.5) is 5.69 Å². The number of amides is 1. The highest BCUT2D eigenvalue weighted by atomic mass is 32.1. The number of hydrogen-bond acceptors (Lipinski definition) is 4. The summed E-state index contributed by atoms with van der Waals surface area (Å²) < 4.78 is 5.49. The number of benzene rings is 1. The Labute approximate surface area is 141 Å². The molecule has 0 unspecified atom stereocenters. The standard InChI is InChI=1S/C18H20N2O2S/c1-2-20-17(21)15(22-18(20)23)11-12-9-13-5-3-7-19-8-4-6-14(10-12)16(13)19/h9-11H,2-8H2,1H3. The molecule has 1 fully saturated rings. The third-order valence-electron chi connectivity index (χ3n) is 4.84. The van der Waals surface area contributed by atoms with Gasteiger partial charge in [0.1, 0.15) is 0 Å². The molecular formula is C18H20N2O2S. The maximum Gasteiger partial charge on any atom is 0.297 e. The van der Waals surface area contributed by atoms with Crippen LogP contribution in [0.2, 0.25) is 0 Å². The van der Waals surface area contributed by atoms with E-state index in [-0.39, 0.29) is 11.1 Å². The smallest absolute Gasteiger partial charge is 0.297 e. The molecule has 4 nitrogen and oxygen atoms in total. The first kappa shape index (κ1) is 14.7. The van der Waals surface area contributed by atoms with Crippen molar-refractivity contribution in [2.45, 2.75) is 32.6 Å². The van der Waals surface area contributed by atoms with E-state index in [1.807, 2.05) is 13.0 Å². The minimum Gasteiger partial charge on any atom is -0.426 e. The Morgan fingerprint density at radius 2 is 1.87 bits per heavy atom. The highest BCUT2D eigenvalue weighted by molar-refractivity contribution is 7.80. The molecule has 1 aromatic carbocycles. The van der Waals surface area contributed by atoms with E-state index in [9.17, 15) is 4.79 Å². The van der Waals surface area contributed by atoms with Gasteiger partial charge in [0.25, 0.3) is 11.1 Å². The van der Waals surface area contributed by atoms with Gasteiger partial charge in [0.15, 0.2) is 5.76 Å². The Hall–Kier alpha value is -1.88. The first-order chi connectivity index (χ1) is 11.2. The van der Waals surface area contributed by atoms with Crippen LogP contribution >= 0.6 is 12.2 Å². The molecule has 120 valence electrons. The topological polar surface area (TPSA) is 32.8 Å². The zero-order valence-electron chi connectivity index (χ0n) is 13.3. The van der Waals surface area contributed by atoms with E-state index in [0.29, 0.717) is 12.3 Å². The summed E-state index contributed by atoms with van der Waals surface area (Å²) in [6.07, 6.45) is 6.48. The molecule has 1 aromatic rings. The lowest BCUT2D eigenvalue weighted by Crippen LogP contribution is -2.34. The molecule has 0 aliphatic carbocycles. The van der Waals surface area contributed by atoms with Crippen molar-refractivity contribution in [3.8, 4) is 0 Å². The predicted octanol–water partition coefficient (Wildman–Crippen LogP) is 2.89. The second kappa shape index (κ2) is 5.64. The van der Waals surface area contributed by atoms with Gasteiger partial charge in [-0.3, -0.25) is 9.69 Å². The lowest BCUT2D eigenvalue weighted by molar-refractivity contribution is -0.122. The fourth-order valence-corrected chi connectivity index (χ4v) is 4.14.